The number of unbranched alkanes of at least 4 members (excludes halogenated alkanes) is 1. The van der Waals surface area contributed by atoms with Gasteiger partial charge >= 0.3 is 5.97 Å². The van der Waals surface area contributed by atoms with E-state index in [2.05, 4.69) is 11.8 Å². The van der Waals surface area contributed by atoms with Crippen LogP contribution < -0.4 is 10.6 Å². The Balaban J connectivity index is 1.86. The molecule has 0 saturated heterocycles. The Bertz CT molecular complexity index is 1430. The van der Waals surface area contributed by atoms with Crippen molar-refractivity contribution in [3.05, 3.63) is 39.7 Å². The lowest BCUT2D eigenvalue weighted by Crippen LogP contribution is -2.58. The molecular weight excluding hydrogens is 508 g/mol. The van der Waals surface area contributed by atoms with Crippen LogP contribution in [0.15, 0.2) is 23.0 Å². The zero-order valence-corrected chi connectivity index (χ0v) is 21.8. The number of nitrogens with zero attached hydrogens (tertiary/aromatic N) is 1. The first-order valence-electron chi connectivity index (χ1n) is 12.6. The molecule has 0 spiro atoms. The minimum Gasteiger partial charge on any atom is -0.508 e. The van der Waals surface area contributed by atoms with E-state index in [1.54, 1.807) is 25.1 Å². The smallest absolute Gasteiger partial charge is 0.384 e. The number of hydrogen-bond donors (Lipinski definition) is 5. The molecule has 3 aliphatic carbocycles. The van der Waals surface area contributed by atoms with Crippen LogP contribution in [0.2, 0.25) is 0 Å². The lowest BCUT2D eigenvalue weighted by Gasteiger charge is -2.46. The fraction of sp³-hybridized carbons (Fsp3) is 0.429. The van der Waals surface area contributed by atoms with E-state index < -0.39 is 70.1 Å². The molecule has 1 saturated carbocycles. The molecule has 1 unspecified atom stereocenters. The Hall–Kier alpha value is -4.30. The topological polar surface area (TPSA) is 188 Å². The second-order valence-electron chi connectivity index (χ2n) is 10.2. The fourth-order valence-electron chi connectivity index (χ4n) is 5.63. The lowest BCUT2D eigenvalue weighted by atomic mass is 9.59. The first kappa shape index (κ1) is 27.7. The number of fused-ring (bicyclic) bond motifs is 3. The molecular formula is C28H30N2O9. The summed E-state index contributed by atoms with van der Waals surface area (Å²) in [6, 6.07) is 1.55. The van der Waals surface area contributed by atoms with Gasteiger partial charge in [0.05, 0.1) is 17.7 Å². The molecule has 0 aromatic heterocycles. The summed E-state index contributed by atoms with van der Waals surface area (Å²) < 4.78 is 5.02. The molecule has 0 radical (unpaired) electrons. The fourth-order valence-corrected chi connectivity index (χ4v) is 5.63. The predicted octanol–water partition coefficient (Wildman–Crippen LogP) is 1.18. The SMILES string of the molecule is CCCCOC(=O)C#Cc1cc(N(C)C)c2c(c1O)C(O)=C1C(=O)[C@]3(O)C(O)=C(C(N)=O)C(=O)C[C@@H]3CC1C2. The molecule has 0 bridgehead atoms. The average Bonchev–Trinajstić information content (AvgIpc) is 2.85. The van der Waals surface area contributed by atoms with Gasteiger partial charge in [-0.3, -0.25) is 14.4 Å². The Morgan fingerprint density at radius 3 is 2.51 bits per heavy atom. The van der Waals surface area contributed by atoms with Crippen LogP contribution in [0.25, 0.3) is 5.76 Å². The van der Waals surface area contributed by atoms with Gasteiger partial charge in [0, 0.05) is 43.6 Å². The van der Waals surface area contributed by atoms with Crippen molar-refractivity contribution in [1.29, 1.82) is 0 Å². The summed E-state index contributed by atoms with van der Waals surface area (Å²) in [5.41, 5.74) is 2.42. The van der Waals surface area contributed by atoms with Crippen LogP contribution in [0.3, 0.4) is 0 Å². The highest BCUT2D eigenvalue weighted by Gasteiger charge is 2.60. The van der Waals surface area contributed by atoms with E-state index in [1.165, 1.54) is 0 Å². The number of aromatic hydroxyl groups is 1. The summed E-state index contributed by atoms with van der Waals surface area (Å²) in [4.78, 5) is 51.7. The third kappa shape index (κ3) is 4.40. The Morgan fingerprint density at radius 1 is 1.21 bits per heavy atom. The monoisotopic (exact) mass is 538 g/mol. The maximum atomic E-state index is 13.7. The number of Topliss-reactive ketones (excluding diaryl/α,β-unsaturated/α-hetero) is 2. The number of esters is 1. The standard InChI is InChI=1S/C28H30N2O9/c1-4-5-8-39-19(32)7-6-13-11-17(30(2)3)16-10-14-9-15-12-18(31)22(27(29)37)26(36)28(15,38)25(35)20(14)24(34)21(16)23(13)33/h11,14-15,33-34,36,38H,4-5,8-10,12H2,1-3H3,(H2,29,37)/t14?,15-,28-/m0/s1. The third-order valence-corrected chi connectivity index (χ3v) is 7.55. The van der Waals surface area contributed by atoms with Gasteiger partial charge in [-0.25, -0.2) is 4.79 Å². The molecule has 3 atom stereocenters. The summed E-state index contributed by atoms with van der Waals surface area (Å²) in [6.45, 7) is 2.14. The largest absolute Gasteiger partial charge is 0.508 e. The van der Waals surface area contributed by atoms with Crippen LogP contribution in [0.4, 0.5) is 5.69 Å². The van der Waals surface area contributed by atoms with Gasteiger partial charge < -0.3 is 35.8 Å². The molecule has 1 aromatic rings. The summed E-state index contributed by atoms with van der Waals surface area (Å²) in [5.74, 6) is -3.01. The number of ether oxygens (including phenoxy) is 1. The number of ketones is 2. The average molecular weight is 539 g/mol. The normalized spacial score (nSPS) is 23.8. The molecule has 0 heterocycles. The minimum absolute atomic E-state index is 0.00245. The first-order chi connectivity index (χ1) is 18.3. The number of rotatable bonds is 5. The number of benzene rings is 1. The van der Waals surface area contributed by atoms with Gasteiger partial charge in [0.2, 0.25) is 5.78 Å². The van der Waals surface area contributed by atoms with Gasteiger partial charge in [0.1, 0.15) is 22.8 Å². The van der Waals surface area contributed by atoms with Crippen LogP contribution in [-0.2, 0) is 30.3 Å². The Labute approximate surface area is 224 Å². The first-order valence-corrected chi connectivity index (χ1v) is 12.6. The van der Waals surface area contributed by atoms with Gasteiger partial charge in [-0.1, -0.05) is 19.3 Å². The lowest BCUT2D eigenvalue weighted by molar-refractivity contribution is -0.147. The zero-order valence-electron chi connectivity index (χ0n) is 21.8. The van der Waals surface area contributed by atoms with E-state index in [0.717, 1.165) is 6.42 Å². The highest BCUT2D eigenvalue weighted by molar-refractivity contribution is 6.22. The third-order valence-electron chi connectivity index (χ3n) is 7.55. The number of aliphatic hydroxyl groups excluding tert-OH is 2. The molecule has 11 nitrogen and oxygen atoms in total. The molecule has 1 fully saturated rings. The van der Waals surface area contributed by atoms with Crippen molar-refractivity contribution in [2.24, 2.45) is 17.6 Å². The summed E-state index contributed by atoms with van der Waals surface area (Å²) >= 11 is 0. The van der Waals surface area contributed by atoms with Gasteiger partial charge in [-0.2, -0.15) is 0 Å². The van der Waals surface area contributed by atoms with Crippen LogP contribution in [0.1, 0.15) is 49.3 Å². The molecule has 1 amide bonds. The maximum absolute atomic E-state index is 13.7. The maximum Gasteiger partial charge on any atom is 0.384 e. The second-order valence-corrected chi connectivity index (χ2v) is 10.2. The number of anilines is 1. The highest BCUT2D eigenvalue weighted by Crippen LogP contribution is 2.53. The van der Waals surface area contributed by atoms with Gasteiger partial charge in [0.15, 0.2) is 11.4 Å². The Morgan fingerprint density at radius 2 is 1.90 bits per heavy atom. The van der Waals surface area contributed by atoms with E-state index in [9.17, 15) is 39.6 Å². The van der Waals surface area contributed by atoms with E-state index in [0.29, 0.717) is 17.7 Å². The number of phenols is 1. The molecule has 4 rings (SSSR count). The van der Waals surface area contributed by atoms with Crippen molar-refractivity contribution < 1.29 is 44.3 Å². The number of primary amides is 1. The summed E-state index contributed by atoms with van der Waals surface area (Å²) in [5, 5.41) is 44.5. The molecule has 0 aliphatic heterocycles. The molecule has 3 aliphatic rings. The molecule has 206 valence electrons. The Kier molecular flexibility index (Phi) is 7.19. The zero-order chi connectivity index (χ0) is 28.8. The number of carbonyl (C=O) groups excluding carboxylic acids is 4. The number of nitrogens with two attached hydrogens (primary N) is 1. The van der Waals surface area contributed by atoms with E-state index in [1.807, 2.05) is 6.92 Å². The molecule has 39 heavy (non-hydrogen) atoms. The van der Waals surface area contributed by atoms with Crippen LogP contribution >= 0.6 is 0 Å². The minimum atomic E-state index is -2.64. The van der Waals surface area contributed by atoms with Crippen molar-refractivity contribution in [1.82, 2.24) is 0 Å². The van der Waals surface area contributed by atoms with E-state index >= 15 is 0 Å². The van der Waals surface area contributed by atoms with E-state index in [-0.39, 0.29) is 36.1 Å². The number of hydrogen-bond acceptors (Lipinski definition) is 10. The molecule has 11 heteroatoms. The van der Waals surface area contributed by atoms with Crippen molar-refractivity contribution in [2.45, 2.75) is 44.6 Å². The number of carbonyl (C=O) groups is 4. The van der Waals surface area contributed by atoms with Crippen LogP contribution in [0, 0.1) is 23.7 Å². The number of phenolic OH excluding ortho intramolecular Hbond substituents is 1. The summed E-state index contributed by atoms with van der Waals surface area (Å²) in [7, 11) is 3.47. The second kappa shape index (κ2) is 10.1. The van der Waals surface area contributed by atoms with Gasteiger partial charge in [-0.15, -0.1) is 0 Å². The van der Waals surface area contributed by atoms with Crippen molar-refractivity contribution >= 4 is 34.9 Å². The number of aliphatic hydroxyl groups is 3. The summed E-state index contributed by atoms with van der Waals surface area (Å²) in [6.07, 6.45) is 1.29. The molecule has 6 N–H and O–H groups in total. The van der Waals surface area contributed by atoms with Crippen LogP contribution in [0.5, 0.6) is 5.75 Å². The van der Waals surface area contributed by atoms with Crippen molar-refractivity contribution in [2.75, 3.05) is 25.6 Å². The predicted molar refractivity (Wildman–Crippen MR) is 138 cm³/mol. The molecule has 1 aromatic carbocycles. The van der Waals surface area contributed by atoms with Gasteiger partial charge in [-0.05, 0) is 36.8 Å². The number of amides is 1. The highest BCUT2D eigenvalue weighted by atomic mass is 16.5. The van der Waals surface area contributed by atoms with Crippen molar-refractivity contribution in [3.63, 3.8) is 0 Å². The van der Waals surface area contributed by atoms with Crippen molar-refractivity contribution in [3.8, 4) is 17.6 Å². The van der Waals surface area contributed by atoms with E-state index in [4.69, 9.17) is 10.5 Å². The quantitative estimate of drug-likeness (QED) is 0.158. The van der Waals surface area contributed by atoms with Gasteiger partial charge in [0.25, 0.3) is 5.91 Å². The van der Waals surface area contributed by atoms with Crippen LogP contribution in [-0.4, -0.2) is 70.2 Å².